The summed E-state index contributed by atoms with van der Waals surface area (Å²) in [6, 6.07) is 16.8. The van der Waals surface area contributed by atoms with Gasteiger partial charge < -0.3 is 10.1 Å². The molecule has 0 radical (unpaired) electrons. The van der Waals surface area contributed by atoms with Crippen molar-refractivity contribution in [3.8, 4) is 5.75 Å². The number of anilines is 2. The maximum absolute atomic E-state index is 12.1. The second-order valence-corrected chi connectivity index (χ2v) is 5.70. The van der Waals surface area contributed by atoms with Gasteiger partial charge in [0.25, 0.3) is 0 Å². The number of hydrogen-bond donors (Lipinski definition) is 2. The van der Waals surface area contributed by atoms with Crippen LogP contribution in [0.3, 0.4) is 0 Å². The number of rotatable bonds is 5. The van der Waals surface area contributed by atoms with Crippen LogP contribution in [0.15, 0.2) is 60.8 Å². The molecule has 3 aromatic rings. The smallest absolute Gasteiger partial charge is 0.324 e. The minimum Gasteiger partial charge on any atom is -0.497 e. The van der Waals surface area contributed by atoms with Crippen molar-refractivity contribution >= 4 is 17.5 Å². The first-order chi connectivity index (χ1) is 12.1. The zero-order valence-corrected chi connectivity index (χ0v) is 14.2. The summed E-state index contributed by atoms with van der Waals surface area (Å²) in [4.78, 5) is 12.1. The molecule has 1 aromatic heterocycles. The molecule has 6 nitrogen and oxygen atoms in total. The fraction of sp³-hybridized carbons (Fsp3) is 0.158. The molecule has 6 heteroatoms. The Morgan fingerprint density at radius 1 is 1.12 bits per heavy atom. The first-order valence-electron chi connectivity index (χ1n) is 7.93. The third-order valence-corrected chi connectivity index (χ3v) is 3.64. The van der Waals surface area contributed by atoms with E-state index in [1.165, 1.54) is 5.56 Å². The minimum atomic E-state index is -0.353. The predicted molar refractivity (Wildman–Crippen MR) is 98.1 cm³/mol. The molecule has 25 heavy (non-hydrogen) atoms. The van der Waals surface area contributed by atoms with Crippen molar-refractivity contribution in [3.63, 3.8) is 0 Å². The zero-order chi connectivity index (χ0) is 17.6. The number of carbonyl (C=O) groups excluding carboxylic acids is 1. The van der Waals surface area contributed by atoms with Gasteiger partial charge in [-0.2, -0.15) is 5.10 Å². The van der Waals surface area contributed by atoms with Crippen LogP contribution in [-0.2, 0) is 6.54 Å². The predicted octanol–water partition coefficient (Wildman–Crippen LogP) is 3.89. The van der Waals surface area contributed by atoms with E-state index in [0.29, 0.717) is 23.8 Å². The van der Waals surface area contributed by atoms with Crippen LogP contribution < -0.4 is 15.4 Å². The van der Waals surface area contributed by atoms with Gasteiger partial charge in [-0.1, -0.05) is 35.9 Å². The van der Waals surface area contributed by atoms with Crippen LogP contribution in [-0.4, -0.2) is 22.9 Å². The molecule has 0 aliphatic rings. The van der Waals surface area contributed by atoms with E-state index >= 15 is 0 Å². The van der Waals surface area contributed by atoms with Crippen molar-refractivity contribution in [2.45, 2.75) is 13.5 Å². The maximum atomic E-state index is 12.1. The lowest BCUT2D eigenvalue weighted by atomic mass is 10.1. The number of nitrogens with zero attached hydrogens (tertiary/aromatic N) is 2. The summed E-state index contributed by atoms with van der Waals surface area (Å²) in [5, 5.41) is 9.85. The molecule has 0 bridgehead atoms. The maximum Gasteiger partial charge on any atom is 0.324 e. The molecule has 0 atom stereocenters. The van der Waals surface area contributed by atoms with Crippen LogP contribution in [0, 0.1) is 6.92 Å². The number of urea groups is 1. The second-order valence-electron chi connectivity index (χ2n) is 5.70. The van der Waals surface area contributed by atoms with Crippen LogP contribution in [0.2, 0.25) is 0 Å². The lowest BCUT2D eigenvalue weighted by Gasteiger charge is -2.07. The number of carbonyl (C=O) groups is 1. The molecular formula is C19H20N4O2. The lowest BCUT2D eigenvalue weighted by molar-refractivity contribution is 0.262. The number of aromatic nitrogens is 2. The standard InChI is InChI=1S/C19H20N4O2/c1-14-5-3-6-15(11-14)13-23-10-9-18(22-23)21-19(24)20-16-7-4-8-17(12-16)25-2/h3-12H,13H2,1-2H3,(H2,20,21,22,24). The average Bonchev–Trinajstić information content (AvgIpc) is 3.01. The molecule has 0 saturated heterocycles. The van der Waals surface area contributed by atoms with E-state index in [-0.39, 0.29) is 6.03 Å². The van der Waals surface area contributed by atoms with Gasteiger partial charge in [0.05, 0.1) is 13.7 Å². The Kier molecular flexibility index (Phi) is 4.99. The Hall–Kier alpha value is -3.28. The lowest BCUT2D eigenvalue weighted by Crippen LogP contribution is -2.19. The monoisotopic (exact) mass is 336 g/mol. The topological polar surface area (TPSA) is 68.2 Å². The summed E-state index contributed by atoms with van der Waals surface area (Å²) < 4.78 is 6.92. The van der Waals surface area contributed by atoms with Gasteiger partial charge in [-0.15, -0.1) is 0 Å². The number of hydrogen-bond acceptors (Lipinski definition) is 3. The highest BCUT2D eigenvalue weighted by atomic mass is 16.5. The number of amides is 2. The van der Waals surface area contributed by atoms with Crippen molar-refractivity contribution in [3.05, 3.63) is 71.9 Å². The highest BCUT2D eigenvalue weighted by Gasteiger charge is 2.06. The van der Waals surface area contributed by atoms with Crippen LogP contribution >= 0.6 is 0 Å². The van der Waals surface area contributed by atoms with E-state index in [4.69, 9.17) is 4.74 Å². The van der Waals surface area contributed by atoms with Crippen LogP contribution in [0.1, 0.15) is 11.1 Å². The molecule has 0 unspecified atom stereocenters. The molecular weight excluding hydrogens is 316 g/mol. The molecule has 3 rings (SSSR count). The van der Waals surface area contributed by atoms with Crippen molar-refractivity contribution in [2.24, 2.45) is 0 Å². The Bertz CT molecular complexity index is 873. The largest absolute Gasteiger partial charge is 0.497 e. The first kappa shape index (κ1) is 16.6. The summed E-state index contributed by atoms with van der Waals surface area (Å²) in [7, 11) is 1.58. The van der Waals surface area contributed by atoms with E-state index < -0.39 is 0 Å². The number of ether oxygens (including phenoxy) is 1. The first-order valence-corrected chi connectivity index (χ1v) is 7.93. The molecule has 1 heterocycles. The summed E-state index contributed by atoms with van der Waals surface area (Å²) in [6.45, 7) is 2.71. The highest BCUT2D eigenvalue weighted by molar-refractivity contribution is 5.99. The average molecular weight is 336 g/mol. The Labute approximate surface area is 146 Å². The summed E-state index contributed by atoms with van der Waals surface area (Å²) in [5.41, 5.74) is 3.02. The van der Waals surface area contributed by atoms with Gasteiger partial charge in [-0.3, -0.25) is 10.00 Å². The molecule has 0 spiro atoms. The van der Waals surface area contributed by atoms with Gasteiger partial charge in [0.2, 0.25) is 0 Å². The Morgan fingerprint density at radius 2 is 1.96 bits per heavy atom. The molecule has 2 aromatic carbocycles. The van der Waals surface area contributed by atoms with Crippen molar-refractivity contribution in [2.75, 3.05) is 17.7 Å². The summed E-state index contributed by atoms with van der Waals surface area (Å²) in [6.07, 6.45) is 1.84. The fourth-order valence-corrected chi connectivity index (χ4v) is 2.49. The summed E-state index contributed by atoms with van der Waals surface area (Å²) in [5.74, 6) is 1.17. The SMILES string of the molecule is COc1cccc(NC(=O)Nc2ccn(Cc3cccc(C)c3)n2)c1. The van der Waals surface area contributed by atoms with Crippen molar-refractivity contribution in [1.29, 1.82) is 0 Å². The van der Waals surface area contributed by atoms with E-state index in [2.05, 4.69) is 40.9 Å². The molecule has 2 amide bonds. The van der Waals surface area contributed by atoms with E-state index in [1.807, 2.05) is 24.4 Å². The number of nitrogens with one attached hydrogen (secondary N) is 2. The molecule has 0 aliphatic heterocycles. The van der Waals surface area contributed by atoms with Gasteiger partial charge in [0.1, 0.15) is 5.75 Å². The Morgan fingerprint density at radius 3 is 2.76 bits per heavy atom. The van der Waals surface area contributed by atoms with Gasteiger partial charge in [-0.25, -0.2) is 4.79 Å². The van der Waals surface area contributed by atoms with E-state index in [1.54, 1.807) is 30.0 Å². The van der Waals surface area contributed by atoms with E-state index in [0.717, 1.165) is 5.56 Å². The number of benzene rings is 2. The zero-order valence-electron chi connectivity index (χ0n) is 14.2. The highest BCUT2D eigenvalue weighted by Crippen LogP contribution is 2.17. The number of methoxy groups -OCH3 is 1. The summed E-state index contributed by atoms with van der Waals surface area (Å²) >= 11 is 0. The van der Waals surface area contributed by atoms with Crippen molar-refractivity contribution < 1.29 is 9.53 Å². The quantitative estimate of drug-likeness (QED) is 0.743. The second kappa shape index (κ2) is 7.53. The molecule has 0 saturated carbocycles. The van der Waals surface area contributed by atoms with E-state index in [9.17, 15) is 4.79 Å². The molecule has 128 valence electrons. The molecule has 2 N–H and O–H groups in total. The molecule has 0 aliphatic carbocycles. The number of aryl methyl sites for hydroxylation is 1. The van der Waals surface area contributed by atoms with Crippen molar-refractivity contribution in [1.82, 2.24) is 9.78 Å². The molecule has 0 fully saturated rings. The van der Waals surface area contributed by atoms with Crippen LogP contribution in [0.25, 0.3) is 0 Å². The Balaban J connectivity index is 1.59. The fourth-order valence-electron chi connectivity index (χ4n) is 2.49. The van der Waals surface area contributed by atoms with Gasteiger partial charge in [-0.05, 0) is 24.6 Å². The minimum absolute atomic E-state index is 0.353. The van der Waals surface area contributed by atoms with Gasteiger partial charge >= 0.3 is 6.03 Å². The van der Waals surface area contributed by atoms with Gasteiger partial charge in [0, 0.05) is 24.0 Å². The van der Waals surface area contributed by atoms with Crippen LogP contribution in [0.5, 0.6) is 5.75 Å². The van der Waals surface area contributed by atoms with Gasteiger partial charge in [0.15, 0.2) is 5.82 Å². The third-order valence-electron chi connectivity index (χ3n) is 3.64. The van der Waals surface area contributed by atoms with Crippen LogP contribution in [0.4, 0.5) is 16.3 Å². The normalized spacial score (nSPS) is 10.3. The third kappa shape index (κ3) is 4.60.